The Morgan fingerprint density at radius 2 is 1.81 bits per heavy atom. The zero-order chi connectivity index (χ0) is 31.0. The van der Waals surface area contributed by atoms with Crippen LogP contribution in [0.25, 0.3) is 11.0 Å². The number of primary amides is 1. The van der Waals surface area contributed by atoms with E-state index in [9.17, 15) is 44.7 Å². The average Bonchev–Trinajstić information content (AvgIpc) is 3.46. The summed E-state index contributed by atoms with van der Waals surface area (Å²) < 4.78 is 106. The first-order chi connectivity index (χ1) is 19.4. The number of amides is 2. The lowest BCUT2D eigenvalue weighted by atomic mass is 9.76. The highest BCUT2D eigenvalue weighted by molar-refractivity contribution is 5.92. The Balaban J connectivity index is 1.72. The van der Waals surface area contributed by atoms with Crippen LogP contribution in [0, 0.1) is 5.92 Å². The normalized spacial score (nSPS) is 17.7. The van der Waals surface area contributed by atoms with Gasteiger partial charge in [-0.25, -0.2) is 18.4 Å². The molecule has 2 aromatic heterocycles. The van der Waals surface area contributed by atoms with Crippen LogP contribution in [0.15, 0.2) is 18.2 Å². The lowest BCUT2D eigenvalue weighted by Gasteiger charge is -2.33. The van der Waals surface area contributed by atoms with Gasteiger partial charge in [-0.3, -0.25) is 9.59 Å². The van der Waals surface area contributed by atoms with Crippen molar-refractivity contribution < 1.29 is 44.7 Å². The Morgan fingerprint density at radius 1 is 1.14 bits per heavy atom. The predicted octanol–water partition coefficient (Wildman–Crippen LogP) is 5.29. The monoisotopic (exact) mass is 609 g/mol. The second-order valence-electron chi connectivity index (χ2n) is 10.4. The Labute approximate surface area is 233 Å². The third-order valence-corrected chi connectivity index (χ3v) is 7.20. The van der Waals surface area contributed by atoms with Crippen LogP contribution in [-0.2, 0) is 11.3 Å². The van der Waals surface area contributed by atoms with Gasteiger partial charge in [-0.1, -0.05) is 11.3 Å². The van der Waals surface area contributed by atoms with Gasteiger partial charge in [0.2, 0.25) is 11.8 Å². The molecule has 1 saturated carbocycles. The molecule has 2 heterocycles. The molecule has 230 valence electrons. The van der Waals surface area contributed by atoms with Crippen molar-refractivity contribution in [3.05, 3.63) is 41.0 Å². The minimum atomic E-state index is -4.76. The first kappa shape index (κ1) is 31.2. The van der Waals surface area contributed by atoms with E-state index in [1.807, 2.05) is 0 Å². The second-order valence-corrected chi connectivity index (χ2v) is 10.4. The highest BCUT2D eigenvalue weighted by Crippen LogP contribution is 2.45. The number of nitrogens with zero attached hydrogens (tertiary/aromatic N) is 4. The summed E-state index contributed by atoms with van der Waals surface area (Å²) in [5, 5.41) is 9.52. The van der Waals surface area contributed by atoms with E-state index in [4.69, 9.17) is 5.73 Å². The molecule has 4 rings (SSSR count). The molecule has 9 nitrogen and oxygen atoms in total. The van der Waals surface area contributed by atoms with Crippen molar-refractivity contribution in [1.82, 2.24) is 30.3 Å². The number of alkyl halides is 8. The Bertz CT molecular complexity index is 1440. The fourth-order valence-corrected chi connectivity index (χ4v) is 5.18. The quantitative estimate of drug-likeness (QED) is 0.284. The highest BCUT2D eigenvalue weighted by atomic mass is 19.4. The van der Waals surface area contributed by atoms with E-state index in [0.29, 0.717) is 21.3 Å². The van der Waals surface area contributed by atoms with Crippen molar-refractivity contribution in [2.45, 2.75) is 82.2 Å². The summed E-state index contributed by atoms with van der Waals surface area (Å²) in [6, 6.07) is 3.92. The molecule has 0 bridgehead atoms. The van der Waals surface area contributed by atoms with Crippen molar-refractivity contribution >= 4 is 22.8 Å². The first-order valence-electron chi connectivity index (χ1n) is 13.0. The molecule has 17 heteroatoms. The predicted molar refractivity (Wildman–Crippen MR) is 131 cm³/mol. The molecule has 42 heavy (non-hydrogen) atoms. The molecule has 1 fully saturated rings. The van der Waals surface area contributed by atoms with E-state index >= 15 is 0 Å². The summed E-state index contributed by atoms with van der Waals surface area (Å²) in [5.74, 6) is -6.69. The SMILES string of the molecule is C[C@@H](NC(=O)CCC(F)(F)F)c1ccc2nc([C@H](c3c(C(N)=O)nnn3CC(F)(F)F)C3CCC(F)(F)CC3)[nH]c2c1. The molecular weight excluding hydrogens is 582 g/mol. The smallest absolute Gasteiger partial charge is 0.364 e. The molecule has 2 amide bonds. The van der Waals surface area contributed by atoms with Crippen LogP contribution in [0.5, 0.6) is 0 Å². The molecule has 3 aromatic rings. The summed E-state index contributed by atoms with van der Waals surface area (Å²) >= 11 is 0. The van der Waals surface area contributed by atoms with Gasteiger partial charge in [0.15, 0.2) is 5.69 Å². The minimum Gasteiger partial charge on any atom is -0.364 e. The molecule has 0 saturated heterocycles. The molecular formula is C25H27F8N7O2. The van der Waals surface area contributed by atoms with E-state index < -0.39 is 85.9 Å². The maximum atomic E-state index is 14.0. The van der Waals surface area contributed by atoms with Crippen molar-refractivity contribution in [2.24, 2.45) is 11.7 Å². The number of aromatic amines is 1. The Hall–Kier alpha value is -3.79. The van der Waals surface area contributed by atoms with Gasteiger partial charge in [0, 0.05) is 19.3 Å². The average molecular weight is 610 g/mol. The summed E-state index contributed by atoms with van der Waals surface area (Å²) in [5.41, 5.74) is 5.71. The van der Waals surface area contributed by atoms with Gasteiger partial charge >= 0.3 is 12.4 Å². The molecule has 0 radical (unpaired) electrons. The number of hydrogen-bond acceptors (Lipinski definition) is 5. The van der Waals surface area contributed by atoms with Gasteiger partial charge in [0.1, 0.15) is 12.4 Å². The Morgan fingerprint density at radius 3 is 2.40 bits per heavy atom. The molecule has 2 atom stereocenters. The first-order valence-corrected chi connectivity index (χ1v) is 13.0. The van der Waals surface area contributed by atoms with E-state index in [2.05, 4.69) is 25.6 Å². The van der Waals surface area contributed by atoms with E-state index in [0.717, 1.165) is 0 Å². The third-order valence-electron chi connectivity index (χ3n) is 7.20. The summed E-state index contributed by atoms with van der Waals surface area (Å²) in [6.07, 6.45) is -12.6. The van der Waals surface area contributed by atoms with Crippen LogP contribution in [0.1, 0.15) is 85.0 Å². The van der Waals surface area contributed by atoms with Gasteiger partial charge in [0.05, 0.1) is 35.1 Å². The number of aromatic nitrogens is 5. The lowest BCUT2D eigenvalue weighted by Crippen LogP contribution is -2.32. The number of carbonyl (C=O) groups is 2. The summed E-state index contributed by atoms with van der Waals surface area (Å²) in [7, 11) is 0. The largest absolute Gasteiger partial charge is 0.408 e. The van der Waals surface area contributed by atoms with E-state index in [-0.39, 0.29) is 24.4 Å². The molecule has 0 aliphatic heterocycles. The number of H-pyrrole nitrogens is 1. The van der Waals surface area contributed by atoms with Crippen molar-refractivity contribution in [1.29, 1.82) is 0 Å². The number of nitrogens with two attached hydrogens (primary N) is 1. The summed E-state index contributed by atoms with van der Waals surface area (Å²) in [6.45, 7) is -0.0621. The number of halogens is 8. The zero-order valence-electron chi connectivity index (χ0n) is 22.1. The molecule has 1 aliphatic carbocycles. The number of hydrogen-bond donors (Lipinski definition) is 3. The molecule has 4 N–H and O–H groups in total. The van der Waals surface area contributed by atoms with Gasteiger partial charge in [-0.05, 0) is 43.4 Å². The van der Waals surface area contributed by atoms with E-state index in [1.54, 1.807) is 19.1 Å². The molecule has 1 aromatic carbocycles. The number of nitrogens with one attached hydrogen (secondary N) is 2. The standard InChI is InChI=1S/C25H27F8N7O2/c1-12(35-17(41)6-9-24(28,29)30)14-2-3-15-16(10-14)37-22(36-15)18(13-4-7-23(26,27)8-5-13)20-19(21(34)42)38-39-40(20)11-25(31,32)33/h2-3,10,12-13,18H,4-9,11H2,1H3,(H2,34,42)(H,35,41)(H,36,37)/t12-,18+/m1/s1. The number of rotatable bonds is 9. The lowest BCUT2D eigenvalue weighted by molar-refractivity contribution is -0.144. The maximum absolute atomic E-state index is 14.0. The van der Waals surface area contributed by atoms with Crippen molar-refractivity contribution in [2.75, 3.05) is 0 Å². The number of benzene rings is 1. The fourth-order valence-electron chi connectivity index (χ4n) is 5.18. The van der Waals surface area contributed by atoms with Crippen LogP contribution in [0.4, 0.5) is 35.1 Å². The van der Waals surface area contributed by atoms with Crippen LogP contribution in [0.2, 0.25) is 0 Å². The molecule has 1 aliphatic rings. The zero-order valence-corrected chi connectivity index (χ0v) is 22.1. The fraction of sp³-hybridized carbons (Fsp3) is 0.560. The van der Waals surface area contributed by atoms with Gasteiger partial charge in [-0.15, -0.1) is 5.10 Å². The third kappa shape index (κ3) is 7.53. The van der Waals surface area contributed by atoms with Crippen molar-refractivity contribution in [3.63, 3.8) is 0 Å². The van der Waals surface area contributed by atoms with Crippen LogP contribution in [-0.4, -0.2) is 55.1 Å². The second kappa shape index (κ2) is 11.5. The van der Waals surface area contributed by atoms with Crippen LogP contribution >= 0.6 is 0 Å². The number of carbonyl (C=O) groups excluding carboxylic acids is 2. The van der Waals surface area contributed by atoms with Gasteiger partial charge < -0.3 is 16.0 Å². The summed E-state index contributed by atoms with van der Waals surface area (Å²) in [4.78, 5) is 31.6. The van der Waals surface area contributed by atoms with Crippen molar-refractivity contribution in [3.8, 4) is 0 Å². The topological polar surface area (TPSA) is 132 Å². The molecule has 0 spiro atoms. The maximum Gasteiger partial charge on any atom is 0.408 e. The van der Waals surface area contributed by atoms with Gasteiger partial charge in [-0.2, -0.15) is 26.3 Å². The number of imidazole rings is 1. The molecule has 0 unspecified atom stereocenters. The van der Waals surface area contributed by atoms with Crippen LogP contribution < -0.4 is 11.1 Å². The van der Waals surface area contributed by atoms with Crippen LogP contribution in [0.3, 0.4) is 0 Å². The Kier molecular flexibility index (Phi) is 8.51. The van der Waals surface area contributed by atoms with Gasteiger partial charge in [0.25, 0.3) is 5.91 Å². The number of fused-ring (bicyclic) bond motifs is 1. The van der Waals surface area contributed by atoms with E-state index in [1.165, 1.54) is 6.07 Å². The highest BCUT2D eigenvalue weighted by Gasteiger charge is 2.43. The minimum absolute atomic E-state index is 0.0625.